The highest BCUT2D eigenvalue weighted by atomic mass is 32.1. The molecule has 1 aromatic heterocycles. The summed E-state index contributed by atoms with van der Waals surface area (Å²) in [4.78, 5) is 22.5. The van der Waals surface area contributed by atoms with Crippen molar-refractivity contribution in [2.45, 2.75) is 6.92 Å². The molecule has 84 valence electrons. The summed E-state index contributed by atoms with van der Waals surface area (Å²) >= 11 is 1.22. The summed E-state index contributed by atoms with van der Waals surface area (Å²) in [5, 5.41) is 1.68. The standard InChI is InChI=1S/C11H10O4S/c1-3-15-10(12)5-4-8-6-9(16-7-8)11(13)14-2/h6-7H,3H2,1-2H3. The molecule has 0 atom stereocenters. The Kier molecular flexibility index (Phi) is 4.55. The highest BCUT2D eigenvalue weighted by Gasteiger charge is 2.07. The van der Waals surface area contributed by atoms with Crippen molar-refractivity contribution in [3.63, 3.8) is 0 Å². The second-order valence-corrected chi connectivity index (χ2v) is 3.57. The molecule has 0 N–H and O–H groups in total. The number of esters is 2. The van der Waals surface area contributed by atoms with Crippen molar-refractivity contribution in [2.75, 3.05) is 13.7 Å². The molecule has 0 aromatic carbocycles. The average Bonchev–Trinajstić information content (AvgIpc) is 2.74. The van der Waals surface area contributed by atoms with Crippen LogP contribution in [0.3, 0.4) is 0 Å². The van der Waals surface area contributed by atoms with Gasteiger partial charge in [-0.25, -0.2) is 9.59 Å². The molecule has 0 fully saturated rings. The van der Waals surface area contributed by atoms with Gasteiger partial charge in [0, 0.05) is 16.9 Å². The van der Waals surface area contributed by atoms with Crippen LogP contribution >= 0.6 is 11.3 Å². The molecule has 0 amide bonds. The third-order valence-electron chi connectivity index (χ3n) is 1.57. The van der Waals surface area contributed by atoms with Crippen LogP contribution in [-0.4, -0.2) is 25.7 Å². The second kappa shape index (κ2) is 5.93. The fourth-order valence-corrected chi connectivity index (χ4v) is 1.66. The quantitative estimate of drug-likeness (QED) is 0.578. The first kappa shape index (κ1) is 12.3. The van der Waals surface area contributed by atoms with Crippen LogP contribution in [0.4, 0.5) is 0 Å². The van der Waals surface area contributed by atoms with Crippen LogP contribution in [0.5, 0.6) is 0 Å². The highest BCUT2D eigenvalue weighted by Crippen LogP contribution is 2.14. The molecule has 5 heteroatoms. The van der Waals surface area contributed by atoms with E-state index in [9.17, 15) is 9.59 Å². The zero-order valence-electron chi connectivity index (χ0n) is 8.90. The minimum Gasteiger partial charge on any atom is -0.465 e. The lowest BCUT2D eigenvalue weighted by Gasteiger charge is -1.91. The van der Waals surface area contributed by atoms with E-state index < -0.39 is 11.9 Å². The Hall–Kier alpha value is -1.80. The van der Waals surface area contributed by atoms with Crippen molar-refractivity contribution >= 4 is 23.3 Å². The Morgan fingerprint density at radius 1 is 1.50 bits per heavy atom. The van der Waals surface area contributed by atoms with Gasteiger partial charge in [-0.1, -0.05) is 5.92 Å². The van der Waals surface area contributed by atoms with Crippen LogP contribution < -0.4 is 0 Å². The van der Waals surface area contributed by atoms with E-state index in [2.05, 4.69) is 21.3 Å². The Balaban J connectivity index is 2.72. The smallest absolute Gasteiger partial charge is 0.384 e. The molecule has 0 aliphatic rings. The van der Waals surface area contributed by atoms with E-state index >= 15 is 0 Å². The van der Waals surface area contributed by atoms with Gasteiger partial charge < -0.3 is 9.47 Å². The lowest BCUT2D eigenvalue weighted by Crippen LogP contribution is -1.99. The van der Waals surface area contributed by atoms with E-state index in [-0.39, 0.29) is 0 Å². The molecule has 0 aliphatic carbocycles. The fourth-order valence-electron chi connectivity index (χ4n) is 0.900. The Morgan fingerprint density at radius 2 is 2.25 bits per heavy atom. The summed E-state index contributed by atoms with van der Waals surface area (Å²) in [7, 11) is 1.31. The number of carbonyl (C=O) groups excluding carboxylic acids is 2. The Labute approximate surface area is 97.2 Å². The zero-order valence-corrected chi connectivity index (χ0v) is 9.72. The number of thiophene rings is 1. The summed E-state index contributed by atoms with van der Waals surface area (Å²) in [6, 6.07) is 1.57. The second-order valence-electron chi connectivity index (χ2n) is 2.66. The molecule has 16 heavy (non-hydrogen) atoms. The van der Waals surface area contributed by atoms with Crippen LogP contribution in [0.1, 0.15) is 22.2 Å². The summed E-state index contributed by atoms with van der Waals surface area (Å²) < 4.78 is 9.18. The van der Waals surface area contributed by atoms with Crippen molar-refractivity contribution in [3.05, 3.63) is 21.9 Å². The predicted octanol–water partition coefficient (Wildman–Crippen LogP) is 1.45. The number of rotatable bonds is 2. The third-order valence-corrected chi connectivity index (χ3v) is 2.48. The van der Waals surface area contributed by atoms with E-state index in [1.54, 1.807) is 18.4 Å². The molecule has 0 unspecified atom stereocenters. The van der Waals surface area contributed by atoms with Crippen molar-refractivity contribution in [2.24, 2.45) is 0 Å². The Morgan fingerprint density at radius 3 is 2.88 bits per heavy atom. The molecule has 0 saturated heterocycles. The summed E-state index contributed by atoms with van der Waals surface area (Å²) in [6.07, 6.45) is 0. The molecule has 0 aliphatic heterocycles. The lowest BCUT2D eigenvalue weighted by molar-refractivity contribution is -0.136. The van der Waals surface area contributed by atoms with E-state index in [1.165, 1.54) is 18.4 Å². The first-order valence-electron chi connectivity index (χ1n) is 4.53. The number of methoxy groups -OCH3 is 1. The van der Waals surface area contributed by atoms with Crippen LogP contribution in [0.25, 0.3) is 0 Å². The van der Waals surface area contributed by atoms with Crippen LogP contribution in [-0.2, 0) is 14.3 Å². The molecule has 0 radical (unpaired) electrons. The van der Waals surface area contributed by atoms with Gasteiger partial charge in [-0.3, -0.25) is 0 Å². The minimum atomic E-state index is -0.576. The van der Waals surface area contributed by atoms with Gasteiger partial charge in [0.05, 0.1) is 13.7 Å². The normalized spacial score (nSPS) is 8.88. The molecule has 1 rings (SSSR count). The number of hydrogen-bond acceptors (Lipinski definition) is 5. The van der Waals surface area contributed by atoms with Crippen LogP contribution in [0.15, 0.2) is 11.4 Å². The first-order chi connectivity index (χ1) is 7.67. The molecule has 0 spiro atoms. The average molecular weight is 238 g/mol. The minimum absolute atomic E-state index is 0.296. The molecule has 0 bridgehead atoms. The van der Waals surface area contributed by atoms with Gasteiger partial charge in [-0.15, -0.1) is 11.3 Å². The molecular formula is C11H10O4S. The highest BCUT2D eigenvalue weighted by molar-refractivity contribution is 7.12. The number of carbonyl (C=O) groups is 2. The number of ether oxygens (including phenoxy) is 2. The van der Waals surface area contributed by atoms with Gasteiger partial charge in [0.15, 0.2) is 0 Å². The molecule has 1 heterocycles. The van der Waals surface area contributed by atoms with Gasteiger partial charge >= 0.3 is 11.9 Å². The largest absolute Gasteiger partial charge is 0.465 e. The monoisotopic (exact) mass is 238 g/mol. The van der Waals surface area contributed by atoms with Gasteiger partial charge in [0.2, 0.25) is 0 Å². The molecule has 1 aromatic rings. The zero-order chi connectivity index (χ0) is 12.0. The maximum absolute atomic E-state index is 11.1. The van der Waals surface area contributed by atoms with Crippen LogP contribution in [0, 0.1) is 11.8 Å². The fraction of sp³-hybridized carbons (Fsp3) is 0.273. The SMILES string of the molecule is CCOC(=O)C#Cc1csc(C(=O)OC)c1. The predicted molar refractivity (Wildman–Crippen MR) is 59.2 cm³/mol. The van der Waals surface area contributed by atoms with Gasteiger partial charge in [-0.2, -0.15) is 0 Å². The Bertz CT molecular complexity index is 450. The van der Waals surface area contributed by atoms with Crippen molar-refractivity contribution in [1.29, 1.82) is 0 Å². The van der Waals surface area contributed by atoms with Gasteiger partial charge in [0.25, 0.3) is 0 Å². The van der Waals surface area contributed by atoms with Crippen molar-refractivity contribution in [1.82, 2.24) is 0 Å². The summed E-state index contributed by atoms with van der Waals surface area (Å²) in [6.45, 7) is 2.00. The lowest BCUT2D eigenvalue weighted by atomic mass is 10.3. The van der Waals surface area contributed by atoms with Gasteiger partial charge in [0.1, 0.15) is 4.88 Å². The third kappa shape index (κ3) is 3.41. The number of hydrogen-bond donors (Lipinski definition) is 0. The van der Waals surface area contributed by atoms with E-state index in [1.807, 2.05) is 0 Å². The topological polar surface area (TPSA) is 52.6 Å². The maximum Gasteiger partial charge on any atom is 0.384 e. The maximum atomic E-state index is 11.1. The van der Waals surface area contributed by atoms with E-state index in [4.69, 9.17) is 0 Å². The van der Waals surface area contributed by atoms with Crippen molar-refractivity contribution < 1.29 is 19.1 Å². The van der Waals surface area contributed by atoms with Gasteiger partial charge in [-0.05, 0) is 13.0 Å². The molecular weight excluding hydrogens is 228 g/mol. The summed E-state index contributed by atoms with van der Waals surface area (Å²) in [5.41, 5.74) is 0.596. The van der Waals surface area contributed by atoms with E-state index in [0.29, 0.717) is 17.0 Å². The summed E-state index contributed by atoms with van der Waals surface area (Å²) in [5.74, 6) is 3.94. The van der Waals surface area contributed by atoms with Crippen LogP contribution in [0.2, 0.25) is 0 Å². The van der Waals surface area contributed by atoms with Crippen molar-refractivity contribution in [3.8, 4) is 11.8 Å². The molecule has 0 saturated carbocycles. The molecule has 4 nitrogen and oxygen atoms in total. The van der Waals surface area contributed by atoms with E-state index in [0.717, 1.165) is 0 Å². The first-order valence-corrected chi connectivity index (χ1v) is 5.41.